The zero-order valence-corrected chi connectivity index (χ0v) is 11.7. The van der Waals surface area contributed by atoms with Crippen LogP contribution in [0.25, 0.3) is 5.73 Å². The maximum atomic E-state index is 7.42. The minimum Gasteiger partial charge on any atom is -0.660 e. The van der Waals surface area contributed by atoms with Crippen LogP contribution < -0.4 is 9.80 Å². The van der Waals surface area contributed by atoms with Gasteiger partial charge in [-0.15, -0.1) is 17.4 Å². The third-order valence-electron chi connectivity index (χ3n) is 3.38. The fourth-order valence-corrected chi connectivity index (χ4v) is 2.87. The van der Waals surface area contributed by atoms with Crippen LogP contribution in [-0.2, 0) is 0 Å². The standard InChI is InChI=1S/C11H20N4O.ClH/c1-10(2)6-5-7-11(3,4)15(10)14-8-9(12)16-13-14;/h8,12H,5-7H2,1-4H3;1H. The first-order valence-electron chi connectivity index (χ1n) is 5.74. The van der Waals surface area contributed by atoms with Crippen molar-refractivity contribution in [2.45, 2.75) is 58.0 Å². The Kier molecular flexibility index (Phi) is 3.62. The number of hydrogen-bond donors (Lipinski definition) is 0. The van der Waals surface area contributed by atoms with Gasteiger partial charge in [-0.05, 0) is 47.0 Å². The zero-order valence-electron chi connectivity index (χ0n) is 10.9. The number of aromatic nitrogens is 2. The second kappa shape index (κ2) is 4.37. The van der Waals surface area contributed by atoms with Gasteiger partial charge in [0.25, 0.3) is 6.20 Å². The molecule has 0 bridgehead atoms. The van der Waals surface area contributed by atoms with Crippen LogP contribution in [0.4, 0.5) is 5.88 Å². The quantitative estimate of drug-likeness (QED) is 0.730. The normalized spacial score (nSPS) is 22.0. The van der Waals surface area contributed by atoms with E-state index in [-0.39, 0.29) is 29.4 Å². The lowest BCUT2D eigenvalue weighted by molar-refractivity contribution is -0.774. The second-order valence-electron chi connectivity index (χ2n) is 5.78. The number of nitrogens with one attached hydrogen (secondary N) is 1. The van der Waals surface area contributed by atoms with Crippen molar-refractivity contribution in [3.8, 4) is 0 Å². The van der Waals surface area contributed by atoms with Gasteiger partial charge in [0.1, 0.15) is 5.88 Å². The molecule has 0 unspecified atom stereocenters. The van der Waals surface area contributed by atoms with Crippen molar-refractivity contribution in [3.63, 3.8) is 0 Å². The van der Waals surface area contributed by atoms with Crippen molar-refractivity contribution in [1.29, 1.82) is 0 Å². The molecule has 5 nitrogen and oxygen atoms in total. The molecule has 1 N–H and O–H groups in total. The van der Waals surface area contributed by atoms with Crippen LogP contribution in [0.15, 0.2) is 10.7 Å². The molecule has 0 spiro atoms. The molecule has 1 saturated heterocycles. The molecule has 1 aliphatic rings. The third kappa shape index (κ3) is 2.49. The van der Waals surface area contributed by atoms with Crippen molar-refractivity contribution in [2.24, 2.45) is 0 Å². The summed E-state index contributed by atoms with van der Waals surface area (Å²) in [5, 5.41) is 6.12. The minimum atomic E-state index is 0. The molecule has 1 aromatic heterocycles. The van der Waals surface area contributed by atoms with Crippen molar-refractivity contribution >= 4 is 18.3 Å². The Labute approximate surface area is 108 Å². The van der Waals surface area contributed by atoms with Crippen LogP contribution in [0.3, 0.4) is 0 Å². The number of rotatable bonds is 1. The van der Waals surface area contributed by atoms with Crippen molar-refractivity contribution in [2.75, 3.05) is 5.01 Å². The van der Waals surface area contributed by atoms with Gasteiger partial charge >= 0.3 is 0 Å². The molecule has 1 aliphatic heterocycles. The molecule has 98 valence electrons. The van der Waals surface area contributed by atoms with Gasteiger partial charge < -0.3 is 10.3 Å². The van der Waals surface area contributed by atoms with Crippen LogP contribution in [0, 0.1) is 0 Å². The summed E-state index contributed by atoms with van der Waals surface area (Å²) in [4.78, 5) is 1.68. The van der Waals surface area contributed by atoms with Crippen LogP contribution in [-0.4, -0.2) is 16.3 Å². The van der Waals surface area contributed by atoms with E-state index in [2.05, 4.69) is 38.0 Å². The molecule has 2 heterocycles. The fraction of sp³-hybridized carbons (Fsp3) is 0.818. The molecule has 0 amide bonds. The summed E-state index contributed by atoms with van der Waals surface area (Å²) < 4.78 is 4.84. The second-order valence-corrected chi connectivity index (χ2v) is 5.78. The average Bonchev–Trinajstić information content (AvgIpc) is 2.48. The summed E-state index contributed by atoms with van der Waals surface area (Å²) in [6, 6.07) is 0. The Morgan fingerprint density at radius 3 is 2.24 bits per heavy atom. The SMILES string of the molecule is CC1(C)CCCC(C)(C)N1[n+]1cc([NH-])on1.Cl. The van der Waals surface area contributed by atoms with Crippen molar-refractivity contribution < 1.29 is 9.31 Å². The van der Waals surface area contributed by atoms with E-state index in [0.717, 1.165) is 12.8 Å². The lowest BCUT2D eigenvalue weighted by Crippen LogP contribution is -2.76. The summed E-state index contributed by atoms with van der Waals surface area (Å²) in [5.74, 6) is 0.0946. The van der Waals surface area contributed by atoms with Gasteiger partial charge in [0.15, 0.2) is 0 Å². The highest BCUT2D eigenvalue weighted by atomic mass is 35.5. The largest absolute Gasteiger partial charge is 0.660 e. The van der Waals surface area contributed by atoms with Gasteiger partial charge in [0.05, 0.1) is 15.9 Å². The fourth-order valence-electron chi connectivity index (χ4n) is 2.87. The molecule has 0 radical (unpaired) electrons. The molecule has 0 atom stereocenters. The first-order valence-corrected chi connectivity index (χ1v) is 5.74. The van der Waals surface area contributed by atoms with Gasteiger partial charge in [-0.1, -0.05) is 0 Å². The van der Waals surface area contributed by atoms with E-state index in [4.69, 9.17) is 10.3 Å². The summed E-state index contributed by atoms with van der Waals surface area (Å²) in [6.45, 7) is 8.83. The van der Waals surface area contributed by atoms with Gasteiger partial charge in [-0.3, -0.25) is 0 Å². The van der Waals surface area contributed by atoms with E-state index in [0.29, 0.717) is 0 Å². The smallest absolute Gasteiger partial charge is 0.256 e. The predicted octanol–water partition coefficient (Wildman–Crippen LogP) is 2.75. The van der Waals surface area contributed by atoms with Gasteiger partial charge in [0.2, 0.25) is 5.27 Å². The summed E-state index contributed by atoms with van der Waals surface area (Å²) in [6.07, 6.45) is 5.10. The maximum Gasteiger partial charge on any atom is 0.256 e. The first kappa shape index (κ1) is 14.1. The topological polar surface area (TPSA) is 57.0 Å². The Bertz CT molecular complexity index is 373. The highest BCUT2D eigenvalue weighted by Crippen LogP contribution is 2.34. The number of piperidine rings is 1. The molecule has 0 saturated carbocycles. The molecule has 6 heteroatoms. The maximum absolute atomic E-state index is 7.42. The Morgan fingerprint density at radius 1 is 1.29 bits per heavy atom. The Morgan fingerprint density at radius 2 is 1.82 bits per heavy atom. The van der Waals surface area contributed by atoms with Crippen LogP contribution in [0.5, 0.6) is 0 Å². The Balaban J connectivity index is 0.00000144. The number of halogens is 1. The summed E-state index contributed by atoms with van der Waals surface area (Å²) >= 11 is 0. The summed E-state index contributed by atoms with van der Waals surface area (Å²) in [7, 11) is 0. The van der Waals surface area contributed by atoms with Crippen molar-refractivity contribution in [3.05, 3.63) is 11.9 Å². The molecular formula is C11H21ClN4O. The van der Waals surface area contributed by atoms with E-state index in [1.165, 1.54) is 6.42 Å². The molecule has 2 rings (SSSR count). The third-order valence-corrected chi connectivity index (χ3v) is 3.38. The Hall–Kier alpha value is -0.970. The van der Waals surface area contributed by atoms with E-state index < -0.39 is 0 Å². The van der Waals surface area contributed by atoms with E-state index in [1.54, 1.807) is 11.0 Å². The van der Waals surface area contributed by atoms with Crippen LogP contribution in [0.1, 0.15) is 47.0 Å². The number of hydrogen-bond acceptors (Lipinski definition) is 3. The van der Waals surface area contributed by atoms with Crippen molar-refractivity contribution in [1.82, 2.24) is 5.27 Å². The van der Waals surface area contributed by atoms with E-state index in [9.17, 15) is 0 Å². The summed E-state index contributed by atoms with van der Waals surface area (Å²) in [5.41, 5.74) is 7.49. The average molecular weight is 261 g/mol. The lowest BCUT2D eigenvalue weighted by Gasteiger charge is -2.46. The number of nitrogens with zero attached hydrogens (tertiary/aromatic N) is 3. The van der Waals surface area contributed by atoms with Gasteiger partial charge in [0, 0.05) is 0 Å². The lowest BCUT2D eigenvalue weighted by atomic mass is 9.82. The molecule has 0 aliphatic carbocycles. The monoisotopic (exact) mass is 260 g/mol. The van der Waals surface area contributed by atoms with Gasteiger partial charge in [-0.25, -0.2) is 0 Å². The molecule has 1 aromatic rings. The molecule has 1 fully saturated rings. The minimum absolute atomic E-state index is 0. The van der Waals surface area contributed by atoms with Crippen LogP contribution in [0.2, 0.25) is 0 Å². The zero-order chi connectivity index (χ0) is 12.0. The molecule has 17 heavy (non-hydrogen) atoms. The van der Waals surface area contributed by atoms with Crippen LogP contribution >= 0.6 is 12.4 Å². The first-order chi connectivity index (χ1) is 7.33. The highest BCUT2D eigenvalue weighted by Gasteiger charge is 2.48. The predicted molar refractivity (Wildman–Crippen MR) is 68.2 cm³/mol. The van der Waals surface area contributed by atoms with E-state index >= 15 is 0 Å². The molecular weight excluding hydrogens is 240 g/mol. The highest BCUT2D eigenvalue weighted by molar-refractivity contribution is 5.85. The van der Waals surface area contributed by atoms with E-state index in [1.807, 2.05) is 0 Å². The van der Waals surface area contributed by atoms with Gasteiger partial charge in [-0.2, -0.15) is 0 Å². The molecule has 0 aromatic carbocycles.